The first-order valence-electron chi connectivity index (χ1n) is 9.87. The van der Waals surface area contributed by atoms with E-state index in [0.717, 1.165) is 29.5 Å². The molecule has 1 aliphatic rings. The van der Waals surface area contributed by atoms with Crippen LogP contribution in [0.1, 0.15) is 29.6 Å². The molecular formula is C21H18ClFN6OS. The van der Waals surface area contributed by atoms with E-state index < -0.39 is 0 Å². The number of anilines is 1. The number of carbonyl (C=O) groups is 1. The van der Waals surface area contributed by atoms with Crippen LogP contribution in [0.3, 0.4) is 0 Å². The average molecular weight is 457 g/mol. The summed E-state index contributed by atoms with van der Waals surface area (Å²) in [6.07, 6.45) is 5.79. The van der Waals surface area contributed by atoms with Crippen LogP contribution in [0.15, 0.2) is 48.8 Å². The van der Waals surface area contributed by atoms with Gasteiger partial charge in [0, 0.05) is 12.1 Å². The normalized spacial score (nSPS) is 18.4. The van der Waals surface area contributed by atoms with Crippen LogP contribution >= 0.6 is 22.9 Å². The maximum Gasteiger partial charge on any atom is 0.255 e. The Bertz CT molecular complexity index is 1240. The molecule has 1 amide bonds. The number of nitrogens with one attached hydrogen (secondary N) is 2. The van der Waals surface area contributed by atoms with Crippen LogP contribution in [0.2, 0.25) is 5.02 Å². The van der Waals surface area contributed by atoms with Gasteiger partial charge in [-0.1, -0.05) is 29.0 Å². The van der Waals surface area contributed by atoms with Gasteiger partial charge in [0.05, 0.1) is 38.9 Å². The summed E-state index contributed by atoms with van der Waals surface area (Å²) in [7, 11) is 0. The minimum Gasteiger partial charge on any atom is -0.357 e. The molecule has 2 heterocycles. The van der Waals surface area contributed by atoms with Gasteiger partial charge in [0.25, 0.3) is 5.91 Å². The van der Waals surface area contributed by atoms with Gasteiger partial charge in [-0.3, -0.25) is 4.79 Å². The van der Waals surface area contributed by atoms with E-state index in [9.17, 15) is 9.18 Å². The Hall–Kier alpha value is -3.04. The van der Waals surface area contributed by atoms with Gasteiger partial charge in [-0.05, 0) is 49.6 Å². The molecule has 10 heteroatoms. The Balaban J connectivity index is 1.35. The quantitative estimate of drug-likeness (QED) is 0.464. The molecule has 0 unspecified atom stereocenters. The van der Waals surface area contributed by atoms with Crippen molar-refractivity contribution in [1.29, 1.82) is 0 Å². The highest BCUT2D eigenvalue weighted by Crippen LogP contribution is 2.30. The van der Waals surface area contributed by atoms with E-state index in [0.29, 0.717) is 21.4 Å². The number of halogens is 2. The molecule has 0 spiro atoms. The van der Waals surface area contributed by atoms with Gasteiger partial charge in [0.15, 0.2) is 5.13 Å². The van der Waals surface area contributed by atoms with E-state index >= 15 is 0 Å². The van der Waals surface area contributed by atoms with Gasteiger partial charge >= 0.3 is 0 Å². The van der Waals surface area contributed by atoms with Crippen LogP contribution in [0, 0.1) is 5.82 Å². The van der Waals surface area contributed by atoms with Crippen molar-refractivity contribution in [2.45, 2.75) is 31.3 Å². The van der Waals surface area contributed by atoms with E-state index in [2.05, 4.69) is 25.8 Å². The molecule has 2 N–H and O–H groups in total. The lowest BCUT2D eigenvalue weighted by molar-refractivity contribution is 0.0935. The number of nitrogens with zero attached hydrogens (tertiary/aromatic N) is 4. The van der Waals surface area contributed by atoms with Gasteiger partial charge in [-0.2, -0.15) is 15.0 Å². The third kappa shape index (κ3) is 3.98. The second kappa shape index (κ2) is 8.24. The molecule has 1 saturated carbocycles. The number of hydrogen-bond acceptors (Lipinski definition) is 6. The van der Waals surface area contributed by atoms with Crippen LogP contribution in [0.5, 0.6) is 0 Å². The lowest BCUT2D eigenvalue weighted by Gasteiger charge is -2.22. The second-order valence-corrected chi connectivity index (χ2v) is 8.78. The monoisotopic (exact) mass is 456 g/mol. The third-order valence-electron chi connectivity index (χ3n) is 5.34. The molecule has 158 valence electrons. The zero-order chi connectivity index (χ0) is 21.4. The standard InChI is InChI=1S/C21H18ClFN6OS/c22-13-3-1-6-17(29-24-9-10-25-29)19(13)20(30)26-14-4-2-5-15(14)27-21-28-16-8-7-12(23)11-18(16)31-21/h1,3,6-11,14-15H,2,4-5H2,(H,26,30)(H,27,28)/t14-,15+/m0/s1. The minimum absolute atomic E-state index is 0.0168. The molecule has 5 rings (SSSR count). The van der Waals surface area contributed by atoms with E-state index in [-0.39, 0.29) is 23.8 Å². The van der Waals surface area contributed by atoms with E-state index in [4.69, 9.17) is 11.6 Å². The van der Waals surface area contributed by atoms with Gasteiger partial charge in [0.1, 0.15) is 5.82 Å². The Morgan fingerprint density at radius 3 is 2.81 bits per heavy atom. The fourth-order valence-corrected chi connectivity index (χ4v) is 5.12. The second-order valence-electron chi connectivity index (χ2n) is 7.35. The van der Waals surface area contributed by atoms with Crippen molar-refractivity contribution in [3.8, 4) is 5.69 Å². The van der Waals surface area contributed by atoms with Gasteiger partial charge < -0.3 is 10.6 Å². The predicted octanol–water partition coefficient (Wildman–Crippen LogP) is 4.43. The molecule has 2 aromatic carbocycles. The number of rotatable bonds is 5. The first kappa shape index (κ1) is 19.9. The zero-order valence-electron chi connectivity index (χ0n) is 16.3. The first-order valence-corrected chi connectivity index (χ1v) is 11.1. The van der Waals surface area contributed by atoms with E-state index in [1.807, 2.05) is 0 Å². The Kier molecular flexibility index (Phi) is 5.29. The summed E-state index contributed by atoms with van der Waals surface area (Å²) in [5.74, 6) is -0.557. The smallest absolute Gasteiger partial charge is 0.255 e. The molecule has 1 fully saturated rings. The number of amides is 1. The Morgan fingerprint density at radius 1 is 1.16 bits per heavy atom. The molecule has 4 aromatic rings. The summed E-state index contributed by atoms with van der Waals surface area (Å²) >= 11 is 7.77. The lowest BCUT2D eigenvalue weighted by atomic mass is 10.1. The molecule has 0 radical (unpaired) electrons. The van der Waals surface area contributed by atoms with Gasteiger partial charge in [-0.15, -0.1) is 0 Å². The fraction of sp³-hybridized carbons (Fsp3) is 0.238. The predicted molar refractivity (Wildman–Crippen MR) is 118 cm³/mol. The molecule has 0 bridgehead atoms. The molecule has 7 nitrogen and oxygen atoms in total. The SMILES string of the molecule is O=C(N[C@H]1CCC[C@H]1Nc1nc2ccc(F)cc2s1)c1c(Cl)cccc1-n1nccn1. The van der Waals surface area contributed by atoms with Crippen LogP contribution in [0.25, 0.3) is 15.9 Å². The number of benzene rings is 2. The van der Waals surface area contributed by atoms with Crippen LogP contribution < -0.4 is 10.6 Å². The molecule has 0 aliphatic heterocycles. The molecule has 31 heavy (non-hydrogen) atoms. The van der Waals surface area contributed by atoms with Crippen LogP contribution in [-0.4, -0.2) is 38.0 Å². The largest absolute Gasteiger partial charge is 0.357 e. The summed E-state index contributed by atoms with van der Waals surface area (Å²) in [4.78, 5) is 19.1. The van der Waals surface area contributed by atoms with Crippen LogP contribution in [0.4, 0.5) is 9.52 Å². The maximum absolute atomic E-state index is 13.5. The minimum atomic E-state index is -0.282. The highest BCUT2D eigenvalue weighted by atomic mass is 35.5. The van der Waals surface area contributed by atoms with Crippen molar-refractivity contribution < 1.29 is 9.18 Å². The number of aromatic nitrogens is 4. The molecule has 0 saturated heterocycles. The van der Waals surface area contributed by atoms with E-state index in [1.54, 1.807) is 36.7 Å². The summed E-state index contributed by atoms with van der Waals surface area (Å²) in [5.41, 5.74) is 1.60. The van der Waals surface area contributed by atoms with Crippen molar-refractivity contribution in [3.63, 3.8) is 0 Å². The maximum atomic E-state index is 13.5. The van der Waals surface area contributed by atoms with Crippen LogP contribution in [-0.2, 0) is 0 Å². The van der Waals surface area contributed by atoms with Crippen molar-refractivity contribution in [2.75, 3.05) is 5.32 Å². The lowest BCUT2D eigenvalue weighted by Crippen LogP contribution is -2.43. The Morgan fingerprint density at radius 2 is 1.97 bits per heavy atom. The fourth-order valence-electron chi connectivity index (χ4n) is 3.91. The molecular weight excluding hydrogens is 439 g/mol. The van der Waals surface area contributed by atoms with Gasteiger partial charge in [0.2, 0.25) is 0 Å². The average Bonchev–Trinajstić information content (AvgIpc) is 3.49. The summed E-state index contributed by atoms with van der Waals surface area (Å²) in [5, 5.41) is 15.8. The topological polar surface area (TPSA) is 84.7 Å². The number of hydrogen-bond donors (Lipinski definition) is 2. The third-order valence-corrected chi connectivity index (χ3v) is 6.61. The Labute approximate surface area is 186 Å². The summed E-state index contributed by atoms with van der Waals surface area (Å²) in [6.45, 7) is 0. The number of thiazole rings is 1. The van der Waals surface area contributed by atoms with Crippen molar-refractivity contribution in [1.82, 2.24) is 25.3 Å². The first-order chi connectivity index (χ1) is 15.1. The molecule has 2 aromatic heterocycles. The highest BCUT2D eigenvalue weighted by molar-refractivity contribution is 7.22. The van der Waals surface area contributed by atoms with Crippen molar-refractivity contribution in [3.05, 3.63) is 65.2 Å². The summed E-state index contributed by atoms with van der Waals surface area (Å²) < 4.78 is 14.3. The van der Waals surface area contributed by atoms with Gasteiger partial charge in [-0.25, -0.2) is 9.37 Å². The highest BCUT2D eigenvalue weighted by Gasteiger charge is 2.31. The zero-order valence-corrected chi connectivity index (χ0v) is 17.8. The molecule has 2 atom stereocenters. The number of fused-ring (bicyclic) bond motifs is 1. The van der Waals surface area contributed by atoms with Crippen molar-refractivity contribution >= 4 is 44.2 Å². The van der Waals surface area contributed by atoms with Crippen molar-refractivity contribution in [2.24, 2.45) is 0 Å². The molecule has 1 aliphatic carbocycles. The van der Waals surface area contributed by atoms with E-state index in [1.165, 1.54) is 28.3 Å². The summed E-state index contributed by atoms with van der Waals surface area (Å²) in [6, 6.07) is 9.67. The number of carbonyl (C=O) groups excluding carboxylic acids is 1.